The predicted molar refractivity (Wildman–Crippen MR) is 133 cm³/mol. The molecule has 0 bridgehead atoms. The van der Waals surface area contributed by atoms with Crippen LogP contribution in [0.2, 0.25) is 0 Å². The molecule has 0 spiro atoms. The number of nitrogens with zero attached hydrogens (tertiary/aromatic N) is 2. The van der Waals surface area contributed by atoms with Crippen molar-refractivity contribution in [2.45, 2.75) is 52.2 Å². The Morgan fingerprint density at radius 1 is 1.03 bits per heavy atom. The predicted octanol–water partition coefficient (Wildman–Crippen LogP) is 5.11. The van der Waals surface area contributed by atoms with E-state index in [1.54, 1.807) is 21.9 Å². The SMILES string of the molecule is CC(c1cccc(NC(=O)c2ccccc2)c1)N(C)C(=O)C1CCN(C(=O)OC(C)(C)C)CC1. The van der Waals surface area contributed by atoms with Crippen molar-refractivity contribution in [1.29, 1.82) is 0 Å². The van der Waals surface area contributed by atoms with Crippen LogP contribution in [-0.4, -0.2) is 53.4 Å². The van der Waals surface area contributed by atoms with Gasteiger partial charge in [0.2, 0.25) is 5.91 Å². The molecule has 1 aliphatic heterocycles. The lowest BCUT2D eigenvalue weighted by atomic mass is 9.94. The normalized spacial score (nSPS) is 15.4. The highest BCUT2D eigenvalue weighted by molar-refractivity contribution is 6.04. The topological polar surface area (TPSA) is 79.0 Å². The summed E-state index contributed by atoms with van der Waals surface area (Å²) in [5.41, 5.74) is 1.68. The summed E-state index contributed by atoms with van der Waals surface area (Å²) >= 11 is 0. The van der Waals surface area contributed by atoms with E-state index < -0.39 is 5.60 Å². The number of benzene rings is 2. The van der Waals surface area contributed by atoms with Crippen LogP contribution in [0, 0.1) is 5.92 Å². The van der Waals surface area contributed by atoms with E-state index in [0.29, 0.717) is 37.2 Å². The van der Waals surface area contributed by atoms with Gasteiger partial charge in [-0.15, -0.1) is 0 Å². The fraction of sp³-hybridized carbons (Fsp3) is 0.444. The molecule has 1 fully saturated rings. The lowest BCUT2D eigenvalue weighted by molar-refractivity contribution is -0.137. The quantitative estimate of drug-likeness (QED) is 0.666. The number of ether oxygens (including phenoxy) is 1. The van der Waals surface area contributed by atoms with Crippen molar-refractivity contribution < 1.29 is 19.1 Å². The van der Waals surface area contributed by atoms with Crippen LogP contribution in [0.1, 0.15) is 62.5 Å². The summed E-state index contributed by atoms with van der Waals surface area (Å²) < 4.78 is 5.44. The van der Waals surface area contributed by atoms with Crippen LogP contribution < -0.4 is 5.32 Å². The average molecular weight is 466 g/mol. The molecular formula is C27H35N3O4. The van der Waals surface area contributed by atoms with Crippen LogP contribution in [0.4, 0.5) is 10.5 Å². The van der Waals surface area contributed by atoms with Crippen LogP contribution in [0.5, 0.6) is 0 Å². The highest BCUT2D eigenvalue weighted by atomic mass is 16.6. The molecule has 1 saturated heterocycles. The second-order valence-corrected chi connectivity index (χ2v) is 9.81. The molecule has 0 aliphatic carbocycles. The summed E-state index contributed by atoms with van der Waals surface area (Å²) in [6.07, 6.45) is 0.902. The zero-order valence-electron chi connectivity index (χ0n) is 20.7. The van der Waals surface area contributed by atoms with Crippen molar-refractivity contribution in [3.8, 4) is 0 Å². The standard InChI is InChI=1S/C27H35N3O4/c1-19(22-12-9-13-23(18-22)28-24(31)20-10-7-6-8-11-20)29(5)25(32)21-14-16-30(17-15-21)26(33)34-27(2,3)4/h6-13,18-19,21H,14-17H2,1-5H3,(H,28,31). The Kier molecular flexibility index (Phi) is 7.97. The monoisotopic (exact) mass is 465 g/mol. The molecule has 7 heteroatoms. The smallest absolute Gasteiger partial charge is 0.410 e. The zero-order valence-corrected chi connectivity index (χ0v) is 20.7. The van der Waals surface area contributed by atoms with E-state index in [9.17, 15) is 14.4 Å². The fourth-order valence-electron chi connectivity index (χ4n) is 4.01. The summed E-state index contributed by atoms with van der Waals surface area (Å²) in [4.78, 5) is 41.4. The zero-order chi connectivity index (χ0) is 24.9. The molecule has 7 nitrogen and oxygen atoms in total. The van der Waals surface area contributed by atoms with Crippen LogP contribution in [0.15, 0.2) is 54.6 Å². The van der Waals surface area contributed by atoms with E-state index in [2.05, 4.69) is 5.32 Å². The molecule has 1 aliphatic rings. The summed E-state index contributed by atoms with van der Waals surface area (Å²) in [6, 6.07) is 16.5. The molecule has 0 saturated carbocycles. The first-order chi connectivity index (χ1) is 16.0. The van der Waals surface area contributed by atoms with Gasteiger partial charge in [0.1, 0.15) is 5.60 Å². The van der Waals surface area contributed by atoms with Crippen molar-refractivity contribution in [2.24, 2.45) is 5.92 Å². The molecule has 34 heavy (non-hydrogen) atoms. The lowest BCUT2D eigenvalue weighted by Crippen LogP contribution is -2.45. The van der Waals surface area contributed by atoms with E-state index in [4.69, 9.17) is 4.74 Å². The molecule has 3 amide bonds. The van der Waals surface area contributed by atoms with Gasteiger partial charge in [0.25, 0.3) is 5.91 Å². The number of piperidine rings is 1. The molecule has 182 valence electrons. The molecule has 3 rings (SSSR count). The third-order valence-electron chi connectivity index (χ3n) is 6.09. The molecule has 1 atom stereocenters. The number of likely N-dealkylation sites (tertiary alicyclic amines) is 1. The van der Waals surface area contributed by atoms with Gasteiger partial charge >= 0.3 is 6.09 Å². The fourth-order valence-corrected chi connectivity index (χ4v) is 4.01. The van der Waals surface area contributed by atoms with E-state index >= 15 is 0 Å². The molecule has 2 aromatic rings. The van der Waals surface area contributed by atoms with Crippen LogP contribution in [0.25, 0.3) is 0 Å². The van der Waals surface area contributed by atoms with Gasteiger partial charge in [-0.05, 0) is 70.4 Å². The largest absolute Gasteiger partial charge is 0.444 e. The number of rotatable bonds is 5. The van der Waals surface area contributed by atoms with Gasteiger partial charge in [-0.2, -0.15) is 0 Å². The first kappa shape index (κ1) is 25.3. The van der Waals surface area contributed by atoms with E-state index in [-0.39, 0.29) is 29.9 Å². The average Bonchev–Trinajstić information content (AvgIpc) is 2.82. The highest BCUT2D eigenvalue weighted by Gasteiger charge is 2.32. The van der Waals surface area contributed by atoms with E-state index in [0.717, 1.165) is 5.56 Å². The van der Waals surface area contributed by atoms with Gasteiger partial charge in [0, 0.05) is 37.3 Å². The Hall–Kier alpha value is -3.35. The summed E-state index contributed by atoms with van der Waals surface area (Å²) in [5, 5.41) is 2.92. The second-order valence-electron chi connectivity index (χ2n) is 9.81. The third kappa shape index (κ3) is 6.59. The van der Waals surface area contributed by atoms with Gasteiger partial charge in [-0.25, -0.2) is 4.79 Å². The van der Waals surface area contributed by atoms with Crippen molar-refractivity contribution in [3.05, 3.63) is 65.7 Å². The summed E-state index contributed by atoms with van der Waals surface area (Å²) in [5.74, 6) is -0.242. The number of anilines is 1. The maximum Gasteiger partial charge on any atom is 0.410 e. The Bertz CT molecular complexity index is 1010. The molecular weight excluding hydrogens is 430 g/mol. The van der Waals surface area contributed by atoms with E-state index in [1.165, 1.54) is 0 Å². The number of carbonyl (C=O) groups excluding carboxylic acids is 3. The number of hydrogen-bond acceptors (Lipinski definition) is 4. The molecule has 0 aromatic heterocycles. The Morgan fingerprint density at radius 2 is 1.68 bits per heavy atom. The minimum atomic E-state index is -0.533. The first-order valence-corrected chi connectivity index (χ1v) is 11.8. The highest BCUT2D eigenvalue weighted by Crippen LogP contribution is 2.27. The van der Waals surface area contributed by atoms with Gasteiger partial charge in [0.15, 0.2) is 0 Å². The maximum atomic E-state index is 13.2. The molecule has 2 aromatic carbocycles. The number of hydrogen-bond donors (Lipinski definition) is 1. The number of amides is 3. The summed E-state index contributed by atoms with van der Waals surface area (Å²) in [6.45, 7) is 8.54. The molecule has 1 heterocycles. The minimum Gasteiger partial charge on any atom is -0.444 e. The number of carbonyl (C=O) groups is 3. The van der Waals surface area contributed by atoms with Crippen molar-refractivity contribution in [2.75, 3.05) is 25.5 Å². The van der Waals surface area contributed by atoms with Crippen molar-refractivity contribution >= 4 is 23.6 Å². The van der Waals surface area contributed by atoms with E-state index in [1.807, 2.05) is 77.2 Å². The van der Waals surface area contributed by atoms with Crippen LogP contribution in [-0.2, 0) is 9.53 Å². The van der Waals surface area contributed by atoms with Crippen molar-refractivity contribution in [3.63, 3.8) is 0 Å². The van der Waals surface area contributed by atoms with Gasteiger partial charge in [-0.3, -0.25) is 9.59 Å². The Labute approximate surface area is 202 Å². The number of nitrogens with one attached hydrogen (secondary N) is 1. The first-order valence-electron chi connectivity index (χ1n) is 11.8. The lowest BCUT2D eigenvalue weighted by Gasteiger charge is -2.35. The molecule has 1 unspecified atom stereocenters. The van der Waals surface area contributed by atoms with Gasteiger partial charge in [0.05, 0.1) is 6.04 Å². The van der Waals surface area contributed by atoms with Crippen molar-refractivity contribution in [1.82, 2.24) is 9.80 Å². The molecule has 0 radical (unpaired) electrons. The molecule has 1 N–H and O–H groups in total. The Balaban J connectivity index is 1.58. The second kappa shape index (κ2) is 10.7. The van der Waals surface area contributed by atoms with Gasteiger partial charge in [-0.1, -0.05) is 30.3 Å². The maximum absolute atomic E-state index is 13.2. The summed E-state index contributed by atoms with van der Waals surface area (Å²) in [7, 11) is 1.81. The third-order valence-corrected chi connectivity index (χ3v) is 6.09. The Morgan fingerprint density at radius 3 is 2.29 bits per heavy atom. The van der Waals surface area contributed by atoms with Crippen LogP contribution >= 0.6 is 0 Å². The minimum absolute atomic E-state index is 0.0649. The van der Waals surface area contributed by atoms with Crippen LogP contribution in [0.3, 0.4) is 0 Å². The van der Waals surface area contributed by atoms with Gasteiger partial charge < -0.3 is 19.9 Å².